The minimum absolute atomic E-state index is 0.0262. The Morgan fingerprint density at radius 1 is 1.18 bits per heavy atom. The van der Waals surface area contributed by atoms with Crippen molar-refractivity contribution in [2.45, 2.75) is 51.7 Å². The smallest absolute Gasteiger partial charge is 0.115 e. The molecule has 2 saturated carbocycles. The van der Waals surface area contributed by atoms with E-state index in [-0.39, 0.29) is 23.0 Å². The van der Waals surface area contributed by atoms with E-state index in [1.54, 1.807) is 0 Å². The summed E-state index contributed by atoms with van der Waals surface area (Å²) in [7, 11) is 0. The monoisotopic (exact) mass is 301 g/mol. The van der Waals surface area contributed by atoms with Gasteiger partial charge in [-0.1, -0.05) is 26.0 Å². The minimum atomic E-state index is -0.172. The van der Waals surface area contributed by atoms with E-state index < -0.39 is 0 Å². The van der Waals surface area contributed by atoms with Gasteiger partial charge in [0.1, 0.15) is 5.76 Å². The topological polar surface area (TPSA) is 66.5 Å². The lowest BCUT2D eigenvalue weighted by Crippen LogP contribution is -2.55. The molecular formula is C19H27NO2. The van der Waals surface area contributed by atoms with Crippen molar-refractivity contribution in [1.82, 2.24) is 0 Å². The number of nitrogens with two attached hydrogens (primary N) is 1. The number of fused-ring (bicyclic) bond motifs is 5. The van der Waals surface area contributed by atoms with Crippen LogP contribution < -0.4 is 5.73 Å². The fourth-order valence-electron chi connectivity index (χ4n) is 6.01. The number of hydrogen-bond donors (Lipinski definition) is 3. The first-order valence-electron chi connectivity index (χ1n) is 8.62. The average Bonchev–Trinajstić information content (AvgIpc) is 2.77. The fourth-order valence-corrected chi connectivity index (χ4v) is 6.01. The van der Waals surface area contributed by atoms with Crippen LogP contribution in [0.3, 0.4) is 0 Å². The summed E-state index contributed by atoms with van der Waals surface area (Å²) in [5.41, 5.74) is 7.75. The van der Waals surface area contributed by atoms with E-state index in [1.165, 1.54) is 5.57 Å². The first-order chi connectivity index (χ1) is 10.4. The largest absolute Gasteiger partial charge is 0.508 e. The summed E-state index contributed by atoms with van der Waals surface area (Å²) < 4.78 is 0. The van der Waals surface area contributed by atoms with E-state index >= 15 is 0 Å². The molecular weight excluding hydrogens is 274 g/mol. The van der Waals surface area contributed by atoms with Crippen molar-refractivity contribution in [3.05, 3.63) is 35.6 Å². The van der Waals surface area contributed by atoms with Gasteiger partial charge in [-0.2, -0.15) is 0 Å². The second-order valence-electron chi connectivity index (χ2n) is 8.31. The molecule has 0 unspecified atom stereocenters. The van der Waals surface area contributed by atoms with Gasteiger partial charge in [-0.25, -0.2) is 0 Å². The zero-order valence-electron chi connectivity index (χ0n) is 13.5. The summed E-state index contributed by atoms with van der Waals surface area (Å²) in [6.07, 6.45) is 12.1. The number of hydrogen-bond acceptors (Lipinski definition) is 3. The van der Waals surface area contributed by atoms with Crippen LogP contribution in [0.1, 0.15) is 39.5 Å². The van der Waals surface area contributed by atoms with E-state index in [0.717, 1.165) is 25.7 Å². The van der Waals surface area contributed by atoms with Crippen LogP contribution >= 0.6 is 0 Å². The molecule has 22 heavy (non-hydrogen) atoms. The molecule has 4 rings (SSSR count). The van der Waals surface area contributed by atoms with Gasteiger partial charge in [-0.05, 0) is 66.6 Å². The number of aliphatic hydroxyl groups excluding tert-OH is 2. The molecule has 0 aliphatic heterocycles. The summed E-state index contributed by atoms with van der Waals surface area (Å²) in [6, 6.07) is 0.0264. The predicted octanol–water partition coefficient (Wildman–Crippen LogP) is 3.08. The molecule has 0 aromatic heterocycles. The molecule has 2 fully saturated rings. The van der Waals surface area contributed by atoms with E-state index in [0.29, 0.717) is 23.5 Å². The van der Waals surface area contributed by atoms with Gasteiger partial charge in [0.15, 0.2) is 0 Å². The molecule has 7 atom stereocenters. The van der Waals surface area contributed by atoms with Crippen LogP contribution in [0.5, 0.6) is 0 Å². The Hall–Kier alpha value is -1.06. The van der Waals surface area contributed by atoms with E-state index in [4.69, 9.17) is 5.73 Å². The van der Waals surface area contributed by atoms with Crippen molar-refractivity contribution in [2.24, 2.45) is 34.3 Å². The summed E-state index contributed by atoms with van der Waals surface area (Å²) in [6.45, 7) is 4.55. The van der Waals surface area contributed by atoms with Crippen molar-refractivity contribution in [3.8, 4) is 0 Å². The lowest BCUT2D eigenvalue weighted by molar-refractivity contribution is -0.0577. The summed E-state index contributed by atoms with van der Waals surface area (Å²) >= 11 is 0. The van der Waals surface area contributed by atoms with Gasteiger partial charge in [0.2, 0.25) is 0 Å². The lowest BCUT2D eigenvalue weighted by atomic mass is 9.48. The molecule has 3 heteroatoms. The maximum atomic E-state index is 10.5. The maximum Gasteiger partial charge on any atom is 0.115 e. The Bertz CT molecular complexity index is 592. The average molecular weight is 301 g/mol. The summed E-state index contributed by atoms with van der Waals surface area (Å²) in [5.74, 6) is 1.78. The molecule has 3 nitrogen and oxygen atoms in total. The Morgan fingerprint density at radius 2 is 1.95 bits per heavy atom. The van der Waals surface area contributed by atoms with Gasteiger partial charge in [0.25, 0.3) is 0 Å². The van der Waals surface area contributed by atoms with Crippen LogP contribution in [0.15, 0.2) is 35.6 Å². The highest BCUT2D eigenvalue weighted by molar-refractivity contribution is 5.44. The standard InChI is InChI=1S/C19H27NO2/c1-18-7-5-12(21)9-11(18)10-15(20)17-13-3-4-16(22)19(13,2)8-6-14(17)18/h5,7,9-10,13-17,21-22H,3-4,6,8,20H2,1-2H3/t13-,14-,15-,16-,17-,18-,19-/m0/s1. The second kappa shape index (κ2) is 4.48. The number of aliphatic hydroxyl groups is 2. The van der Waals surface area contributed by atoms with E-state index in [1.807, 2.05) is 12.2 Å². The first-order valence-corrected chi connectivity index (χ1v) is 8.62. The Balaban J connectivity index is 1.79. The molecule has 0 heterocycles. The Morgan fingerprint density at radius 3 is 2.73 bits per heavy atom. The summed E-state index contributed by atoms with van der Waals surface area (Å²) in [5, 5.41) is 20.3. The third-order valence-electron chi connectivity index (χ3n) is 7.40. The van der Waals surface area contributed by atoms with Crippen molar-refractivity contribution in [1.29, 1.82) is 0 Å². The Kier molecular flexibility index (Phi) is 2.96. The van der Waals surface area contributed by atoms with Crippen LogP contribution in [0.25, 0.3) is 0 Å². The second-order valence-corrected chi connectivity index (χ2v) is 8.31. The molecule has 0 amide bonds. The third-order valence-corrected chi connectivity index (χ3v) is 7.40. The predicted molar refractivity (Wildman–Crippen MR) is 87.1 cm³/mol. The zero-order valence-corrected chi connectivity index (χ0v) is 13.5. The van der Waals surface area contributed by atoms with Gasteiger partial charge in [-0.15, -0.1) is 0 Å². The van der Waals surface area contributed by atoms with Crippen molar-refractivity contribution in [3.63, 3.8) is 0 Å². The highest BCUT2D eigenvalue weighted by Crippen LogP contribution is 2.63. The molecule has 4 aliphatic rings. The van der Waals surface area contributed by atoms with E-state index in [2.05, 4.69) is 26.0 Å². The van der Waals surface area contributed by atoms with Crippen LogP contribution in [0.4, 0.5) is 0 Å². The van der Waals surface area contributed by atoms with E-state index in [9.17, 15) is 10.2 Å². The SMILES string of the molecule is C[C@]12CC[C@H]3[C@@H]([C@@H](N)C=C4C=C(O)C=C[C@@]43C)[C@@H]1CC[C@@H]2O. The molecule has 4 N–H and O–H groups in total. The first kappa shape index (κ1) is 14.5. The highest BCUT2D eigenvalue weighted by atomic mass is 16.3. The quantitative estimate of drug-likeness (QED) is 0.644. The van der Waals surface area contributed by atoms with Crippen molar-refractivity contribution in [2.75, 3.05) is 0 Å². The molecule has 0 bridgehead atoms. The van der Waals surface area contributed by atoms with Gasteiger partial charge in [0, 0.05) is 11.5 Å². The van der Waals surface area contributed by atoms with Crippen LogP contribution in [0, 0.1) is 28.6 Å². The molecule has 0 spiro atoms. The normalized spacial score (nSPS) is 53.2. The molecule has 0 radical (unpaired) electrons. The molecule has 120 valence electrons. The Labute approximate surface area is 132 Å². The van der Waals surface area contributed by atoms with Crippen LogP contribution in [-0.4, -0.2) is 22.4 Å². The maximum absolute atomic E-state index is 10.5. The highest BCUT2D eigenvalue weighted by Gasteiger charge is 2.59. The van der Waals surface area contributed by atoms with Gasteiger partial charge >= 0.3 is 0 Å². The summed E-state index contributed by atoms with van der Waals surface area (Å²) in [4.78, 5) is 0. The van der Waals surface area contributed by atoms with Crippen LogP contribution in [0.2, 0.25) is 0 Å². The molecule has 0 aromatic rings. The van der Waals surface area contributed by atoms with Crippen molar-refractivity contribution >= 4 is 0 Å². The fraction of sp³-hybridized carbons (Fsp3) is 0.684. The third kappa shape index (κ3) is 1.70. The number of rotatable bonds is 0. The van der Waals surface area contributed by atoms with Gasteiger partial charge in [-0.3, -0.25) is 0 Å². The minimum Gasteiger partial charge on any atom is -0.508 e. The molecule has 0 aromatic carbocycles. The lowest BCUT2D eigenvalue weighted by Gasteiger charge is -2.57. The van der Waals surface area contributed by atoms with Gasteiger partial charge in [0.05, 0.1) is 6.10 Å². The molecule has 4 aliphatic carbocycles. The zero-order chi connectivity index (χ0) is 15.7. The molecule has 0 saturated heterocycles. The number of allylic oxidation sites excluding steroid dienone is 4. The van der Waals surface area contributed by atoms with Crippen LogP contribution in [-0.2, 0) is 0 Å². The van der Waals surface area contributed by atoms with Crippen molar-refractivity contribution < 1.29 is 10.2 Å². The van der Waals surface area contributed by atoms with Gasteiger partial charge < -0.3 is 15.9 Å².